The molecule has 1 rings (SSSR count). The van der Waals surface area contributed by atoms with Gasteiger partial charge in [0.2, 0.25) is 0 Å². The van der Waals surface area contributed by atoms with Gasteiger partial charge in [-0.1, -0.05) is 25.4 Å². The van der Waals surface area contributed by atoms with Gasteiger partial charge in [0.15, 0.2) is 0 Å². The summed E-state index contributed by atoms with van der Waals surface area (Å²) in [7, 11) is 4.11. The normalized spacial score (nSPS) is 16.2. The van der Waals surface area contributed by atoms with Gasteiger partial charge in [0.05, 0.1) is 6.04 Å². The van der Waals surface area contributed by atoms with Crippen LogP contribution in [0.25, 0.3) is 0 Å². The van der Waals surface area contributed by atoms with Crippen LogP contribution in [-0.4, -0.2) is 31.1 Å². The summed E-state index contributed by atoms with van der Waals surface area (Å²) in [4.78, 5) is 2.18. The highest BCUT2D eigenvalue weighted by atomic mass is 35.5. The third kappa shape index (κ3) is 3.72. The number of hydrogen-bond acceptors (Lipinski definition) is 2. The molecule has 2 unspecified atom stereocenters. The van der Waals surface area contributed by atoms with Crippen LogP contribution in [0.15, 0.2) is 18.2 Å². The van der Waals surface area contributed by atoms with E-state index >= 15 is 0 Å². The standard InChI is InChI=1S/C16H26ClFN2/c1-6-10-19-15(16(3,7-2)20(4)5)13-11-12(18)8-9-14(13)17/h8-9,11,15,19H,6-7,10H2,1-5H3. The van der Waals surface area contributed by atoms with Crippen LogP contribution >= 0.6 is 11.6 Å². The lowest BCUT2D eigenvalue weighted by Crippen LogP contribution is -2.51. The molecule has 0 fully saturated rings. The van der Waals surface area contributed by atoms with Gasteiger partial charge in [-0.15, -0.1) is 0 Å². The quantitative estimate of drug-likeness (QED) is 0.810. The van der Waals surface area contributed by atoms with Crippen molar-refractivity contribution in [1.29, 1.82) is 0 Å². The summed E-state index contributed by atoms with van der Waals surface area (Å²) in [6.07, 6.45) is 1.96. The van der Waals surface area contributed by atoms with Crippen LogP contribution in [0, 0.1) is 5.82 Å². The molecule has 0 radical (unpaired) electrons. The fourth-order valence-corrected chi connectivity index (χ4v) is 2.69. The summed E-state index contributed by atoms with van der Waals surface area (Å²) >= 11 is 6.31. The minimum atomic E-state index is -0.245. The number of hydrogen-bond donors (Lipinski definition) is 1. The highest BCUT2D eigenvalue weighted by Crippen LogP contribution is 2.36. The van der Waals surface area contributed by atoms with Crippen molar-refractivity contribution in [2.24, 2.45) is 0 Å². The highest BCUT2D eigenvalue weighted by Gasteiger charge is 2.36. The zero-order chi connectivity index (χ0) is 15.3. The third-order valence-corrected chi connectivity index (χ3v) is 4.57. The van der Waals surface area contributed by atoms with Crippen molar-refractivity contribution in [2.75, 3.05) is 20.6 Å². The predicted molar refractivity (Wildman–Crippen MR) is 84.8 cm³/mol. The Kier molecular flexibility index (Phi) is 6.44. The van der Waals surface area contributed by atoms with Crippen molar-refractivity contribution in [3.05, 3.63) is 34.6 Å². The minimum Gasteiger partial charge on any atom is -0.308 e. The van der Waals surface area contributed by atoms with Gasteiger partial charge in [0, 0.05) is 10.6 Å². The minimum absolute atomic E-state index is 0.00866. The largest absolute Gasteiger partial charge is 0.308 e. The molecule has 0 saturated carbocycles. The molecule has 0 amide bonds. The van der Waals surface area contributed by atoms with Gasteiger partial charge in [0.1, 0.15) is 5.82 Å². The Hall–Kier alpha value is -0.640. The fourth-order valence-electron chi connectivity index (χ4n) is 2.47. The summed E-state index contributed by atoms with van der Waals surface area (Å²) in [5.74, 6) is -0.245. The van der Waals surface area contributed by atoms with E-state index in [1.54, 1.807) is 12.1 Å². The summed E-state index contributed by atoms with van der Waals surface area (Å²) in [6, 6.07) is 4.58. The van der Waals surface area contributed by atoms with Crippen LogP contribution < -0.4 is 5.32 Å². The summed E-state index contributed by atoms with van der Waals surface area (Å²) < 4.78 is 13.6. The molecule has 0 spiro atoms. The SMILES string of the molecule is CCCNC(c1cc(F)ccc1Cl)C(C)(CC)N(C)C. The van der Waals surface area contributed by atoms with Gasteiger partial charge in [-0.25, -0.2) is 4.39 Å². The molecule has 0 aromatic heterocycles. The topological polar surface area (TPSA) is 15.3 Å². The van der Waals surface area contributed by atoms with E-state index in [0.717, 1.165) is 24.9 Å². The van der Waals surface area contributed by atoms with E-state index in [9.17, 15) is 4.39 Å². The zero-order valence-corrected chi connectivity index (χ0v) is 13.9. The van der Waals surface area contributed by atoms with E-state index in [0.29, 0.717) is 5.02 Å². The number of benzene rings is 1. The van der Waals surface area contributed by atoms with Gasteiger partial charge in [-0.2, -0.15) is 0 Å². The maximum absolute atomic E-state index is 13.6. The maximum atomic E-state index is 13.6. The molecule has 0 aliphatic carbocycles. The van der Waals surface area contributed by atoms with Crippen LogP contribution in [0.4, 0.5) is 4.39 Å². The predicted octanol–water partition coefficient (Wildman–Crippen LogP) is 4.25. The Morgan fingerprint density at radius 1 is 1.35 bits per heavy atom. The van der Waals surface area contributed by atoms with E-state index in [2.05, 4.69) is 45.1 Å². The highest BCUT2D eigenvalue weighted by molar-refractivity contribution is 6.31. The second-order valence-corrected chi connectivity index (χ2v) is 6.07. The Balaban J connectivity index is 3.27. The molecule has 4 heteroatoms. The summed E-state index contributed by atoms with van der Waals surface area (Å²) in [5, 5.41) is 4.15. The van der Waals surface area contributed by atoms with E-state index < -0.39 is 0 Å². The Labute approximate surface area is 127 Å². The number of nitrogens with one attached hydrogen (secondary N) is 1. The third-order valence-electron chi connectivity index (χ3n) is 4.23. The van der Waals surface area contributed by atoms with E-state index in [4.69, 9.17) is 11.6 Å². The van der Waals surface area contributed by atoms with E-state index in [-0.39, 0.29) is 17.4 Å². The molecule has 1 aromatic carbocycles. The molecule has 0 aliphatic heterocycles. The fraction of sp³-hybridized carbons (Fsp3) is 0.625. The van der Waals surface area contributed by atoms with Crippen LogP contribution in [0.2, 0.25) is 5.02 Å². The molecule has 0 heterocycles. The lowest BCUT2D eigenvalue weighted by Gasteiger charge is -2.43. The van der Waals surface area contributed by atoms with Gasteiger partial charge in [0.25, 0.3) is 0 Å². The van der Waals surface area contributed by atoms with E-state index in [1.165, 1.54) is 6.07 Å². The number of nitrogens with zero attached hydrogens (tertiary/aromatic N) is 1. The second kappa shape index (κ2) is 7.39. The van der Waals surface area contributed by atoms with Crippen LogP contribution in [0.5, 0.6) is 0 Å². The molecular formula is C16H26ClFN2. The number of rotatable bonds is 7. The Bertz CT molecular complexity index is 436. The average Bonchev–Trinajstić information content (AvgIpc) is 2.42. The molecule has 1 N–H and O–H groups in total. The molecule has 20 heavy (non-hydrogen) atoms. The second-order valence-electron chi connectivity index (χ2n) is 5.66. The van der Waals surface area contributed by atoms with Crippen LogP contribution in [-0.2, 0) is 0 Å². The number of halogens is 2. The molecular weight excluding hydrogens is 275 g/mol. The number of likely N-dealkylation sites (N-methyl/N-ethyl adjacent to an activating group) is 1. The van der Waals surface area contributed by atoms with Gasteiger partial charge in [-0.05, 0) is 64.2 Å². The van der Waals surface area contributed by atoms with E-state index in [1.807, 2.05) is 0 Å². The smallest absolute Gasteiger partial charge is 0.123 e. The van der Waals surface area contributed by atoms with Crippen molar-refractivity contribution in [3.63, 3.8) is 0 Å². The van der Waals surface area contributed by atoms with Crippen LogP contribution in [0.3, 0.4) is 0 Å². The van der Waals surface area contributed by atoms with Crippen molar-refractivity contribution < 1.29 is 4.39 Å². The van der Waals surface area contributed by atoms with Crippen molar-refractivity contribution in [3.8, 4) is 0 Å². The van der Waals surface area contributed by atoms with Gasteiger partial charge >= 0.3 is 0 Å². The van der Waals surface area contributed by atoms with Crippen molar-refractivity contribution in [1.82, 2.24) is 10.2 Å². The molecule has 0 aliphatic rings. The molecule has 2 atom stereocenters. The van der Waals surface area contributed by atoms with Gasteiger partial charge < -0.3 is 10.2 Å². The van der Waals surface area contributed by atoms with Crippen molar-refractivity contribution in [2.45, 2.75) is 45.2 Å². The molecule has 2 nitrogen and oxygen atoms in total. The molecule has 0 saturated heterocycles. The Morgan fingerprint density at radius 3 is 2.50 bits per heavy atom. The first-order valence-electron chi connectivity index (χ1n) is 7.22. The van der Waals surface area contributed by atoms with Gasteiger partial charge in [-0.3, -0.25) is 0 Å². The first-order chi connectivity index (χ1) is 9.36. The monoisotopic (exact) mass is 300 g/mol. The molecule has 0 bridgehead atoms. The average molecular weight is 301 g/mol. The summed E-state index contributed by atoms with van der Waals surface area (Å²) in [6.45, 7) is 7.33. The van der Waals surface area contributed by atoms with Crippen molar-refractivity contribution >= 4 is 11.6 Å². The molecule has 1 aromatic rings. The molecule has 114 valence electrons. The first-order valence-corrected chi connectivity index (χ1v) is 7.60. The first kappa shape index (κ1) is 17.4. The maximum Gasteiger partial charge on any atom is 0.123 e. The lowest BCUT2D eigenvalue weighted by molar-refractivity contribution is 0.112. The summed E-state index contributed by atoms with van der Waals surface area (Å²) in [5.41, 5.74) is 0.699. The lowest BCUT2D eigenvalue weighted by atomic mass is 9.83. The van der Waals surface area contributed by atoms with Crippen LogP contribution in [0.1, 0.15) is 45.2 Å². The zero-order valence-electron chi connectivity index (χ0n) is 13.1. The Morgan fingerprint density at radius 2 is 2.00 bits per heavy atom.